The fourth-order valence-corrected chi connectivity index (χ4v) is 2.49. The Morgan fingerprint density at radius 3 is 3.16 bits per heavy atom. The molecule has 102 valence electrons. The van der Waals surface area contributed by atoms with E-state index in [2.05, 4.69) is 10.3 Å². The Morgan fingerprint density at radius 2 is 2.42 bits per heavy atom. The molecule has 1 aromatic heterocycles. The Kier molecular flexibility index (Phi) is 3.24. The van der Waals surface area contributed by atoms with Gasteiger partial charge in [0, 0.05) is 44.5 Å². The molecule has 0 spiro atoms. The third kappa shape index (κ3) is 2.62. The van der Waals surface area contributed by atoms with Crippen LogP contribution in [0.25, 0.3) is 0 Å². The van der Waals surface area contributed by atoms with Gasteiger partial charge in [-0.05, 0) is 18.6 Å². The van der Waals surface area contributed by atoms with Crippen molar-refractivity contribution in [3.8, 4) is 0 Å². The van der Waals surface area contributed by atoms with E-state index in [0.29, 0.717) is 6.54 Å². The molecule has 1 aromatic rings. The van der Waals surface area contributed by atoms with Crippen molar-refractivity contribution in [1.82, 2.24) is 15.2 Å². The molecule has 0 bridgehead atoms. The molecule has 2 aliphatic rings. The first kappa shape index (κ1) is 12.6. The predicted molar refractivity (Wildman–Crippen MR) is 70.6 cm³/mol. The molecule has 0 saturated carbocycles. The fourth-order valence-electron chi connectivity index (χ4n) is 2.49. The number of pyridine rings is 1. The second-order valence-corrected chi connectivity index (χ2v) is 5.52. The van der Waals surface area contributed by atoms with E-state index in [1.54, 1.807) is 0 Å². The number of hydrogen-bond acceptors (Lipinski definition) is 4. The van der Waals surface area contributed by atoms with Gasteiger partial charge in [-0.3, -0.25) is 9.78 Å². The molecular weight excluding hydrogens is 242 g/mol. The van der Waals surface area contributed by atoms with Gasteiger partial charge in [-0.25, -0.2) is 0 Å². The number of rotatable bonds is 3. The molecule has 1 amide bonds. The maximum absolute atomic E-state index is 12.2. The van der Waals surface area contributed by atoms with E-state index in [-0.39, 0.29) is 18.1 Å². The molecule has 0 radical (unpaired) electrons. The lowest BCUT2D eigenvalue weighted by Gasteiger charge is -2.39. The standard InChI is InChI=1S/C14H19N3O2/c1-14(9-15-10-14)19-8-13(18)17-6-4-12-11(7-17)3-2-5-16-12/h2-3,5,15H,4,6-10H2,1H3. The zero-order chi connectivity index (χ0) is 13.3. The van der Waals surface area contributed by atoms with Crippen LogP contribution >= 0.6 is 0 Å². The van der Waals surface area contributed by atoms with Gasteiger partial charge in [0.2, 0.25) is 5.91 Å². The summed E-state index contributed by atoms with van der Waals surface area (Å²) in [5.41, 5.74) is 2.10. The molecule has 0 aliphatic carbocycles. The number of fused-ring (bicyclic) bond motifs is 1. The van der Waals surface area contributed by atoms with Gasteiger partial charge in [-0.15, -0.1) is 0 Å². The van der Waals surface area contributed by atoms with Gasteiger partial charge >= 0.3 is 0 Å². The lowest BCUT2D eigenvalue weighted by molar-refractivity contribution is -0.146. The van der Waals surface area contributed by atoms with E-state index in [0.717, 1.165) is 37.3 Å². The van der Waals surface area contributed by atoms with E-state index in [1.807, 2.05) is 30.2 Å². The second kappa shape index (κ2) is 4.90. The highest BCUT2D eigenvalue weighted by Gasteiger charge is 2.33. The van der Waals surface area contributed by atoms with Gasteiger partial charge < -0.3 is 15.0 Å². The lowest BCUT2D eigenvalue weighted by Crippen LogP contribution is -2.59. The minimum absolute atomic E-state index is 0.0719. The molecule has 0 aromatic carbocycles. The van der Waals surface area contributed by atoms with Crippen LogP contribution in [0, 0.1) is 0 Å². The monoisotopic (exact) mass is 261 g/mol. The van der Waals surface area contributed by atoms with Crippen molar-refractivity contribution in [3.63, 3.8) is 0 Å². The van der Waals surface area contributed by atoms with Gasteiger partial charge in [0.05, 0.1) is 5.60 Å². The van der Waals surface area contributed by atoms with Crippen molar-refractivity contribution in [1.29, 1.82) is 0 Å². The van der Waals surface area contributed by atoms with E-state index < -0.39 is 0 Å². The minimum Gasteiger partial charge on any atom is -0.363 e. The topological polar surface area (TPSA) is 54.5 Å². The molecule has 1 N–H and O–H groups in total. The molecule has 5 heteroatoms. The number of nitrogens with zero attached hydrogens (tertiary/aromatic N) is 2. The first-order valence-electron chi connectivity index (χ1n) is 6.72. The van der Waals surface area contributed by atoms with Gasteiger partial charge in [-0.1, -0.05) is 6.07 Å². The summed E-state index contributed by atoms with van der Waals surface area (Å²) in [6, 6.07) is 3.96. The lowest BCUT2D eigenvalue weighted by atomic mass is 10.0. The zero-order valence-electron chi connectivity index (χ0n) is 11.2. The maximum Gasteiger partial charge on any atom is 0.248 e. The quantitative estimate of drug-likeness (QED) is 0.853. The fraction of sp³-hybridized carbons (Fsp3) is 0.571. The molecule has 3 heterocycles. The van der Waals surface area contributed by atoms with Crippen LogP contribution in [0.5, 0.6) is 0 Å². The second-order valence-electron chi connectivity index (χ2n) is 5.52. The highest BCUT2D eigenvalue weighted by Crippen LogP contribution is 2.18. The predicted octanol–water partition coefficient (Wildman–Crippen LogP) is 0.345. The summed E-state index contributed by atoms with van der Waals surface area (Å²) >= 11 is 0. The molecule has 0 unspecified atom stereocenters. The van der Waals surface area contributed by atoms with E-state index in [1.165, 1.54) is 0 Å². The van der Waals surface area contributed by atoms with Gasteiger partial charge in [0.1, 0.15) is 6.61 Å². The van der Waals surface area contributed by atoms with Crippen LogP contribution in [0.15, 0.2) is 18.3 Å². The average Bonchev–Trinajstić information content (AvgIpc) is 2.42. The van der Waals surface area contributed by atoms with Crippen LogP contribution in [-0.4, -0.2) is 47.6 Å². The van der Waals surface area contributed by atoms with E-state index >= 15 is 0 Å². The Balaban J connectivity index is 1.57. The van der Waals surface area contributed by atoms with Crippen molar-refractivity contribution in [2.75, 3.05) is 26.2 Å². The molecule has 3 rings (SSSR count). The van der Waals surface area contributed by atoms with Crippen LogP contribution in [-0.2, 0) is 22.5 Å². The summed E-state index contributed by atoms with van der Waals surface area (Å²) < 4.78 is 5.70. The number of ether oxygens (including phenoxy) is 1. The molecule has 19 heavy (non-hydrogen) atoms. The van der Waals surface area contributed by atoms with Crippen LogP contribution in [0.1, 0.15) is 18.2 Å². The number of aromatic nitrogens is 1. The molecule has 0 atom stereocenters. The first-order valence-corrected chi connectivity index (χ1v) is 6.72. The Labute approximate surface area is 113 Å². The minimum atomic E-state index is -0.162. The summed E-state index contributed by atoms with van der Waals surface area (Å²) in [5.74, 6) is 0.0719. The molecular formula is C14H19N3O2. The average molecular weight is 261 g/mol. The van der Waals surface area contributed by atoms with Gasteiger partial charge in [-0.2, -0.15) is 0 Å². The third-order valence-corrected chi connectivity index (χ3v) is 3.86. The molecule has 1 fully saturated rings. The van der Waals surface area contributed by atoms with Crippen LogP contribution in [0.3, 0.4) is 0 Å². The van der Waals surface area contributed by atoms with Crippen LogP contribution < -0.4 is 5.32 Å². The van der Waals surface area contributed by atoms with E-state index in [9.17, 15) is 4.79 Å². The zero-order valence-corrected chi connectivity index (χ0v) is 11.2. The summed E-state index contributed by atoms with van der Waals surface area (Å²) in [7, 11) is 0. The number of hydrogen-bond donors (Lipinski definition) is 1. The number of carbonyl (C=O) groups excluding carboxylic acids is 1. The van der Waals surface area contributed by atoms with Gasteiger partial charge in [0.15, 0.2) is 0 Å². The van der Waals surface area contributed by atoms with Crippen LogP contribution in [0.2, 0.25) is 0 Å². The SMILES string of the molecule is CC1(OCC(=O)N2CCc3ncccc3C2)CNC1. The highest BCUT2D eigenvalue weighted by atomic mass is 16.5. The van der Waals surface area contributed by atoms with Gasteiger partial charge in [0.25, 0.3) is 0 Å². The van der Waals surface area contributed by atoms with Crippen molar-refractivity contribution in [2.24, 2.45) is 0 Å². The Hall–Kier alpha value is -1.46. The third-order valence-electron chi connectivity index (χ3n) is 3.86. The first-order chi connectivity index (χ1) is 9.16. The summed E-state index contributed by atoms with van der Waals surface area (Å²) in [6.07, 6.45) is 2.64. The molecule has 1 saturated heterocycles. The number of nitrogens with one attached hydrogen (secondary N) is 1. The van der Waals surface area contributed by atoms with Crippen LogP contribution in [0.4, 0.5) is 0 Å². The summed E-state index contributed by atoms with van der Waals surface area (Å²) in [5, 5.41) is 3.16. The molecule has 2 aliphatic heterocycles. The van der Waals surface area contributed by atoms with Crippen molar-refractivity contribution < 1.29 is 9.53 Å². The summed E-state index contributed by atoms with van der Waals surface area (Å²) in [4.78, 5) is 18.4. The Bertz CT molecular complexity index is 485. The van der Waals surface area contributed by atoms with Crippen molar-refractivity contribution in [2.45, 2.75) is 25.5 Å². The smallest absolute Gasteiger partial charge is 0.248 e. The molecule has 5 nitrogen and oxygen atoms in total. The van der Waals surface area contributed by atoms with Crippen molar-refractivity contribution >= 4 is 5.91 Å². The Morgan fingerprint density at radius 1 is 1.58 bits per heavy atom. The number of carbonyl (C=O) groups is 1. The maximum atomic E-state index is 12.2. The van der Waals surface area contributed by atoms with Crippen molar-refractivity contribution in [3.05, 3.63) is 29.6 Å². The van der Waals surface area contributed by atoms with E-state index in [4.69, 9.17) is 4.74 Å². The largest absolute Gasteiger partial charge is 0.363 e. The normalized spacial score (nSPS) is 20.6. The summed E-state index contributed by atoms with van der Waals surface area (Å²) in [6.45, 7) is 5.25. The highest BCUT2D eigenvalue weighted by molar-refractivity contribution is 5.77. The number of amides is 1.